The van der Waals surface area contributed by atoms with Gasteiger partial charge in [-0.2, -0.15) is 26.3 Å². The van der Waals surface area contributed by atoms with E-state index in [0.717, 1.165) is 24.3 Å². The summed E-state index contributed by atoms with van der Waals surface area (Å²) in [4.78, 5) is 38.3. The number of hydrogen-bond donors (Lipinski definition) is 1. The molecule has 232 valence electrons. The fraction of sp³-hybridized carbons (Fsp3) is 0.444. The Morgan fingerprint density at radius 2 is 1.44 bits per heavy atom. The number of benzene rings is 2. The lowest BCUT2D eigenvalue weighted by Gasteiger charge is -2.47. The average molecular weight is 639 g/mol. The second-order valence-electron chi connectivity index (χ2n) is 11.0. The Balaban J connectivity index is 1.49. The van der Waals surface area contributed by atoms with E-state index in [1.165, 1.54) is 4.90 Å². The van der Waals surface area contributed by atoms with Crippen molar-refractivity contribution < 1.29 is 57.9 Å². The molecule has 2 aromatic carbocycles. The molecule has 16 heteroatoms. The lowest BCUT2D eigenvalue weighted by atomic mass is 9.69. The number of ketones is 1. The van der Waals surface area contributed by atoms with Crippen molar-refractivity contribution in [3.05, 3.63) is 65.5 Å². The van der Waals surface area contributed by atoms with Gasteiger partial charge in [0, 0.05) is 18.0 Å². The summed E-state index contributed by atoms with van der Waals surface area (Å²) in [6, 6.07) is 5.21. The minimum absolute atomic E-state index is 0.0707. The van der Waals surface area contributed by atoms with Gasteiger partial charge in [0.15, 0.2) is 15.6 Å². The molecule has 7 nitrogen and oxygen atoms in total. The van der Waals surface area contributed by atoms with Crippen molar-refractivity contribution in [1.82, 2.24) is 10.2 Å². The number of alkyl halides is 7. The molecule has 5 rings (SSSR count). The van der Waals surface area contributed by atoms with Gasteiger partial charge in [-0.05, 0) is 49.1 Å². The number of amides is 2. The number of carbonyl (C=O) groups is 3. The predicted molar refractivity (Wildman–Crippen MR) is 131 cm³/mol. The lowest BCUT2D eigenvalue weighted by Crippen LogP contribution is -2.54. The first-order valence-electron chi connectivity index (χ1n) is 12.8. The highest BCUT2D eigenvalue weighted by atomic mass is 32.2. The van der Waals surface area contributed by atoms with Gasteiger partial charge in [0.2, 0.25) is 11.8 Å². The van der Waals surface area contributed by atoms with Crippen molar-refractivity contribution in [2.24, 2.45) is 5.92 Å². The molecule has 1 N–H and O–H groups in total. The van der Waals surface area contributed by atoms with Gasteiger partial charge in [-0.1, -0.05) is 24.3 Å². The van der Waals surface area contributed by atoms with E-state index in [1.54, 1.807) is 0 Å². The van der Waals surface area contributed by atoms with Crippen LogP contribution in [0.1, 0.15) is 36.8 Å². The van der Waals surface area contributed by atoms with Gasteiger partial charge in [0.1, 0.15) is 16.1 Å². The minimum atomic E-state index is -6.38. The average Bonchev–Trinajstić information content (AvgIpc) is 3.43. The van der Waals surface area contributed by atoms with Gasteiger partial charge in [-0.25, -0.2) is 17.2 Å². The maximum absolute atomic E-state index is 14.6. The van der Waals surface area contributed by atoms with Gasteiger partial charge in [0.25, 0.3) is 0 Å². The largest absolute Gasteiger partial charge is 0.435 e. The zero-order valence-corrected chi connectivity index (χ0v) is 22.7. The second kappa shape index (κ2) is 9.72. The van der Waals surface area contributed by atoms with E-state index in [1.807, 2.05) is 0 Å². The first kappa shape index (κ1) is 30.9. The molecule has 43 heavy (non-hydrogen) atoms. The zero-order chi connectivity index (χ0) is 31.8. The Bertz CT molecular complexity index is 1570. The maximum atomic E-state index is 14.6. The third kappa shape index (κ3) is 4.59. The molecular weight excluding hydrogens is 616 g/mol. The molecule has 1 aliphatic carbocycles. The topological polar surface area (TPSA) is 101 Å². The number of likely N-dealkylation sites (tertiary alicyclic amines) is 1. The van der Waals surface area contributed by atoms with Crippen molar-refractivity contribution in [3.63, 3.8) is 0 Å². The molecule has 2 aliphatic heterocycles. The highest BCUT2D eigenvalue weighted by molar-refractivity contribution is 7.92. The summed E-state index contributed by atoms with van der Waals surface area (Å²) in [5.41, 5.74) is -9.10. The normalized spacial score (nSPS) is 26.5. The number of nitrogens with one attached hydrogen (secondary N) is 1. The Kier molecular flexibility index (Phi) is 6.98. The van der Waals surface area contributed by atoms with Gasteiger partial charge in [-0.15, -0.1) is 0 Å². The molecule has 2 amide bonds. The van der Waals surface area contributed by atoms with Gasteiger partial charge >= 0.3 is 18.0 Å². The number of rotatable bonds is 5. The van der Waals surface area contributed by atoms with Crippen molar-refractivity contribution >= 4 is 27.4 Å². The molecule has 3 aliphatic rings. The fourth-order valence-electron chi connectivity index (χ4n) is 6.13. The molecule has 2 saturated heterocycles. The lowest BCUT2D eigenvalue weighted by molar-refractivity contribution is -0.348. The van der Waals surface area contributed by atoms with E-state index >= 15 is 0 Å². The number of hydrogen-bond acceptors (Lipinski definition) is 5. The highest BCUT2D eigenvalue weighted by Gasteiger charge is 2.73. The summed E-state index contributed by atoms with van der Waals surface area (Å²) >= 11 is 0. The van der Waals surface area contributed by atoms with Crippen molar-refractivity contribution in [2.45, 2.75) is 58.9 Å². The zero-order valence-electron chi connectivity index (χ0n) is 21.9. The molecule has 1 saturated carbocycles. The van der Waals surface area contributed by atoms with E-state index in [-0.39, 0.29) is 43.6 Å². The molecule has 3 fully saturated rings. The predicted octanol–water partition coefficient (Wildman–Crippen LogP) is 4.25. The van der Waals surface area contributed by atoms with Gasteiger partial charge in [-0.3, -0.25) is 14.4 Å². The molecule has 0 aromatic heterocycles. The van der Waals surface area contributed by atoms with Crippen LogP contribution in [0.25, 0.3) is 0 Å². The summed E-state index contributed by atoms with van der Waals surface area (Å²) in [5, 5.41) is 2.57. The minimum Gasteiger partial charge on any atom is -0.341 e. The molecule has 2 aromatic rings. The molecule has 2 heterocycles. The van der Waals surface area contributed by atoms with Crippen LogP contribution in [0.5, 0.6) is 0 Å². The quantitative estimate of drug-likeness (QED) is 0.300. The van der Waals surface area contributed by atoms with E-state index in [4.69, 9.17) is 0 Å². The fourth-order valence-corrected chi connectivity index (χ4v) is 8.37. The SMILES string of the molecule is O=C1CC(=O)C2(CCN(C(=O)C3CC(c4ccc(C(F)(C(F)(F)F)C(F)(F)F)cc4)(S(=O)(=O)c4ccc(F)cc4)C3)C2)N1. The molecular formula is C27H22F8N2O5S. The Morgan fingerprint density at radius 1 is 0.884 bits per heavy atom. The van der Waals surface area contributed by atoms with Crippen LogP contribution < -0.4 is 5.32 Å². The van der Waals surface area contributed by atoms with Crippen LogP contribution in [0, 0.1) is 11.7 Å². The van der Waals surface area contributed by atoms with E-state index in [2.05, 4.69) is 5.32 Å². The summed E-state index contributed by atoms with van der Waals surface area (Å²) in [6.45, 7) is -0.0754. The Labute approximate surface area is 239 Å². The third-order valence-electron chi connectivity index (χ3n) is 8.54. The van der Waals surface area contributed by atoms with Crippen LogP contribution >= 0.6 is 0 Å². The van der Waals surface area contributed by atoms with Crippen LogP contribution in [0.2, 0.25) is 0 Å². The van der Waals surface area contributed by atoms with Crippen LogP contribution in [0.15, 0.2) is 53.4 Å². The highest BCUT2D eigenvalue weighted by Crippen LogP contribution is 2.57. The van der Waals surface area contributed by atoms with E-state index in [0.29, 0.717) is 12.1 Å². The summed E-state index contributed by atoms with van der Waals surface area (Å²) < 4.78 is 133. The maximum Gasteiger partial charge on any atom is 0.435 e. The van der Waals surface area contributed by atoms with Crippen molar-refractivity contribution in [1.29, 1.82) is 0 Å². The number of Topliss-reactive ketones (excluding diaryl/α,β-unsaturated/α-hetero) is 1. The first-order valence-corrected chi connectivity index (χ1v) is 14.3. The van der Waals surface area contributed by atoms with Crippen molar-refractivity contribution in [2.75, 3.05) is 13.1 Å². The Hall–Kier alpha value is -3.56. The van der Waals surface area contributed by atoms with Gasteiger partial charge < -0.3 is 10.2 Å². The third-order valence-corrected chi connectivity index (χ3v) is 11.0. The van der Waals surface area contributed by atoms with E-state index in [9.17, 15) is 57.9 Å². The van der Waals surface area contributed by atoms with Gasteiger partial charge in [0.05, 0.1) is 17.9 Å². The molecule has 0 bridgehead atoms. The second-order valence-corrected chi connectivity index (χ2v) is 13.3. The monoisotopic (exact) mass is 638 g/mol. The number of halogens is 8. The first-order chi connectivity index (χ1) is 19.8. The Morgan fingerprint density at radius 3 is 1.93 bits per heavy atom. The number of sulfone groups is 1. The van der Waals surface area contributed by atoms with E-state index < -0.39 is 90.8 Å². The van der Waals surface area contributed by atoms with Crippen LogP contribution in [-0.4, -0.2) is 61.9 Å². The molecule has 0 radical (unpaired) electrons. The number of carbonyl (C=O) groups excluding carboxylic acids is 3. The smallest absolute Gasteiger partial charge is 0.341 e. The standard InChI is InChI=1S/C27H22F8N2O5S/c28-18-5-7-19(8-6-18)43(41,42)24(16-1-3-17(4-2-16)25(29,26(30,31)32)27(33,34)35)12-15(13-24)22(40)37-10-9-23(14-37)20(38)11-21(39)36-23/h1-8,15H,9-14H2,(H,36,39). The van der Waals surface area contributed by atoms with Crippen LogP contribution in [0.4, 0.5) is 35.1 Å². The van der Waals surface area contributed by atoms with Crippen LogP contribution in [0.3, 0.4) is 0 Å². The summed E-state index contributed by atoms with van der Waals surface area (Å²) in [6.07, 6.45) is -13.9. The van der Waals surface area contributed by atoms with Crippen LogP contribution in [-0.2, 0) is 34.6 Å². The molecule has 1 spiro atoms. The number of nitrogens with zero attached hydrogens (tertiary/aromatic N) is 1. The molecule has 1 atom stereocenters. The summed E-state index contributed by atoms with van der Waals surface area (Å²) in [7, 11) is -4.55. The van der Waals surface area contributed by atoms with Crippen molar-refractivity contribution in [3.8, 4) is 0 Å². The summed E-state index contributed by atoms with van der Waals surface area (Å²) in [5.74, 6) is -3.23. The molecule has 1 unspecified atom stereocenters.